The van der Waals surface area contributed by atoms with Crippen LogP contribution in [0.1, 0.15) is 22.5 Å². The fourth-order valence-corrected chi connectivity index (χ4v) is 2.72. The molecule has 0 aliphatic heterocycles. The summed E-state index contributed by atoms with van der Waals surface area (Å²) in [4.78, 5) is 12.6. The standard InChI is InChI=1S/C20H19N5O/c1-13-7-8-14(2)18(9-13)22-19(26)12-25-15(3)23-24-20(25)17-6-4-5-16(10-17)11-21/h4-10H,12H2,1-3H3,(H,22,26). The van der Waals surface area contributed by atoms with Gasteiger partial charge in [0.25, 0.3) is 0 Å². The number of hydrogen-bond acceptors (Lipinski definition) is 4. The van der Waals surface area contributed by atoms with Gasteiger partial charge in [-0.1, -0.05) is 24.3 Å². The van der Waals surface area contributed by atoms with Crippen LogP contribution in [0, 0.1) is 32.1 Å². The number of aromatic nitrogens is 3. The Balaban J connectivity index is 1.86. The lowest BCUT2D eigenvalue weighted by atomic mass is 10.1. The summed E-state index contributed by atoms with van der Waals surface area (Å²) >= 11 is 0. The zero-order valence-corrected chi connectivity index (χ0v) is 14.9. The van der Waals surface area contributed by atoms with Gasteiger partial charge < -0.3 is 9.88 Å². The number of nitrogens with one attached hydrogen (secondary N) is 1. The second-order valence-electron chi connectivity index (χ2n) is 6.22. The third-order valence-electron chi connectivity index (χ3n) is 4.15. The minimum absolute atomic E-state index is 0.0956. The zero-order chi connectivity index (χ0) is 18.7. The van der Waals surface area contributed by atoms with Crippen molar-refractivity contribution in [2.45, 2.75) is 27.3 Å². The molecule has 6 heteroatoms. The molecule has 3 aromatic rings. The highest BCUT2D eigenvalue weighted by atomic mass is 16.2. The molecule has 0 fully saturated rings. The van der Waals surface area contributed by atoms with Crippen molar-refractivity contribution in [3.8, 4) is 17.5 Å². The summed E-state index contributed by atoms with van der Waals surface area (Å²) in [7, 11) is 0. The van der Waals surface area contributed by atoms with E-state index < -0.39 is 0 Å². The third-order valence-corrected chi connectivity index (χ3v) is 4.15. The van der Waals surface area contributed by atoms with Gasteiger partial charge >= 0.3 is 0 Å². The van der Waals surface area contributed by atoms with Crippen LogP contribution in [-0.4, -0.2) is 20.7 Å². The molecule has 0 aliphatic rings. The number of rotatable bonds is 4. The maximum absolute atomic E-state index is 12.6. The molecule has 0 aliphatic carbocycles. The fourth-order valence-electron chi connectivity index (χ4n) is 2.72. The topological polar surface area (TPSA) is 83.6 Å². The van der Waals surface area contributed by atoms with Crippen LogP contribution in [0.4, 0.5) is 5.69 Å². The minimum atomic E-state index is -0.153. The first-order valence-corrected chi connectivity index (χ1v) is 8.25. The second-order valence-corrected chi connectivity index (χ2v) is 6.22. The molecule has 26 heavy (non-hydrogen) atoms. The molecular formula is C20H19N5O. The van der Waals surface area contributed by atoms with Gasteiger partial charge in [-0.15, -0.1) is 10.2 Å². The molecule has 6 nitrogen and oxygen atoms in total. The van der Waals surface area contributed by atoms with E-state index in [1.165, 1.54) is 0 Å². The number of anilines is 1. The van der Waals surface area contributed by atoms with E-state index in [0.29, 0.717) is 17.2 Å². The molecule has 3 rings (SSSR count). The van der Waals surface area contributed by atoms with Crippen LogP contribution < -0.4 is 5.32 Å². The number of amides is 1. The highest BCUT2D eigenvalue weighted by molar-refractivity contribution is 5.91. The van der Waals surface area contributed by atoms with Gasteiger partial charge in [0.05, 0.1) is 11.6 Å². The number of nitriles is 1. The molecule has 0 spiro atoms. The lowest BCUT2D eigenvalue weighted by molar-refractivity contribution is -0.116. The summed E-state index contributed by atoms with van der Waals surface area (Å²) in [6.07, 6.45) is 0. The Hall–Kier alpha value is -3.46. The van der Waals surface area contributed by atoms with E-state index in [9.17, 15) is 4.79 Å². The van der Waals surface area contributed by atoms with E-state index in [1.807, 2.05) is 38.1 Å². The number of carbonyl (C=O) groups is 1. The van der Waals surface area contributed by atoms with Crippen LogP contribution in [0.15, 0.2) is 42.5 Å². The van der Waals surface area contributed by atoms with Gasteiger partial charge in [0, 0.05) is 11.3 Å². The van der Waals surface area contributed by atoms with Crippen molar-refractivity contribution in [1.29, 1.82) is 5.26 Å². The van der Waals surface area contributed by atoms with Gasteiger partial charge in [0.2, 0.25) is 5.91 Å². The molecule has 130 valence electrons. The lowest BCUT2D eigenvalue weighted by Gasteiger charge is -2.12. The van der Waals surface area contributed by atoms with Crippen LogP contribution in [0.3, 0.4) is 0 Å². The van der Waals surface area contributed by atoms with E-state index >= 15 is 0 Å². The summed E-state index contributed by atoms with van der Waals surface area (Å²) in [6, 6.07) is 15.2. The average Bonchev–Trinajstić information content (AvgIpc) is 2.99. The van der Waals surface area contributed by atoms with E-state index in [0.717, 1.165) is 22.4 Å². The SMILES string of the molecule is Cc1ccc(C)c(NC(=O)Cn2c(C)nnc2-c2cccc(C#N)c2)c1. The van der Waals surface area contributed by atoms with Gasteiger partial charge in [-0.2, -0.15) is 5.26 Å². The van der Waals surface area contributed by atoms with Gasteiger partial charge in [-0.25, -0.2) is 0 Å². The Morgan fingerprint density at radius 3 is 2.73 bits per heavy atom. The van der Waals surface area contributed by atoms with Crippen LogP contribution in [0.25, 0.3) is 11.4 Å². The lowest BCUT2D eigenvalue weighted by Crippen LogP contribution is -2.20. The molecule has 0 saturated heterocycles. The van der Waals surface area contributed by atoms with Crippen LogP contribution >= 0.6 is 0 Å². The highest BCUT2D eigenvalue weighted by Gasteiger charge is 2.15. The Kier molecular flexibility index (Phi) is 4.81. The van der Waals surface area contributed by atoms with Crippen molar-refractivity contribution in [3.63, 3.8) is 0 Å². The molecule has 0 atom stereocenters. The van der Waals surface area contributed by atoms with Crippen LogP contribution in [0.5, 0.6) is 0 Å². The van der Waals surface area contributed by atoms with Crippen molar-refractivity contribution in [2.75, 3.05) is 5.32 Å². The van der Waals surface area contributed by atoms with E-state index in [2.05, 4.69) is 21.6 Å². The Labute approximate surface area is 152 Å². The predicted molar refractivity (Wildman–Crippen MR) is 99.5 cm³/mol. The average molecular weight is 345 g/mol. The maximum Gasteiger partial charge on any atom is 0.244 e. The largest absolute Gasteiger partial charge is 0.324 e. The number of hydrogen-bond donors (Lipinski definition) is 1. The molecule has 0 radical (unpaired) electrons. The van der Waals surface area contributed by atoms with Gasteiger partial charge in [-0.3, -0.25) is 4.79 Å². The van der Waals surface area contributed by atoms with Crippen LogP contribution in [0.2, 0.25) is 0 Å². The summed E-state index contributed by atoms with van der Waals surface area (Å²) < 4.78 is 1.75. The summed E-state index contributed by atoms with van der Waals surface area (Å²) in [5, 5.41) is 20.3. The van der Waals surface area contributed by atoms with Crippen molar-refractivity contribution in [3.05, 3.63) is 65.0 Å². The predicted octanol–water partition coefficient (Wildman–Crippen LogP) is 3.38. The Morgan fingerprint density at radius 1 is 1.15 bits per heavy atom. The van der Waals surface area contributed by atoms with Gasteiger partial charge in [-0.05, 0) is 50.1 Å². The molecule has 1 N–H and O–H groups in total. The molecule has 0 saturated carbocycles. The van der Waals surface area contributed by atoms with Crippen LogP contribution in [-0.2, 0) is 11.3 Å². The molecule has 1 heterocycles. The minimum Gasteiger partial charge on any atom is -0.324 e. The van der Waals surface area contributed by atoms with Gasteiger partial charge in [0.1, 0.15) is 12.4 Å². The number of carbonyl (C=O) groups excluding carboxylic acids is 1. The Morgan fingerprint density at radius 2 is 1.96 bits per heavy atom. The second kappa shape index (κ2) is 7.19. The highest BCUT2D eigenvalue weighted by Crippen LogP contribution is 2.20. The van der Waals surface area contributed by atoms with E-state index in [-0.39, 0.29) is 12.5 Å². The van der Waals surface area contributed by atoms with Crippen molar-refractivity contribution >= 4 is 11.6 Å². The van der Waals surface area contributed by atoms with E-state index in [4.69, 9.17) is 5.26 Å². The van der Waals surface area contributed by atoms with Crippen molar-refractivity contribution < 1.29 is 4.79 Å². The third kappa shape index (κ3) is 3.62. The summed E-state index contributed by atoms with van der Waals surface area (Å²) in [5.74, 6) is 1.05. The smallest absolute Gasteiger partial charge is 0.244 e. The first-order chi connectivity index (χ1) is 12.5. The van der Waals surface area contributed by atoms with Crippen molar-refractivity contribution in [1.82, 2.24) is 14.8 Å². The normalized spacial score (nSPS) is 10.4. The van der Waals surface area contributed by atoms with Gasteiger partial charge in [0.15, 0.2) is 5.82 Å². The first kappa shape index (κ1) is 17.4. The van der Waals surface area contributed by atoms with E-state index in [1.54, 1.807) is 29.7 Å². The summed E-state index contributed by atoms with van der Waals surface area (Å²) in [5.41, 5.74) is 4.18. The number of aryl methyl sites for hydroxylation is 3. The fraction of sp³-hybridized carbons (Fsp3) is 0.200. The quantitative estimate of drug-likeness (QED) is 0.786. The summed E-state index contributed by atoms with van der Waals surface area (Å²) in [6.45, 7) is 5.84. The molecule has 2 aromatic carbocycles. The maximum atomic E-state index is 12.6. The van der Waals surface area contributed by atoms with Crippen molar-refractivity contribution in [2.24, 2.45) is 0 Å². The molecule has 1 amide bonds. The number of benzene rings is 2. The Bertz CT molecular complexity index is 1010. The zero-order valence-electron chi connectivity index (χ0n) is 14.9. The first-order valence-electron chi connectivity index (χ1n) is 8.25. The molecule has 1 aromatic heterocycles. The monoisotopic (exact) mass is 345 g/mol. The molecular weight excluding hydrogens is 326 g/mol. The number of nitrogens with zero attached hydrogens (tertiary/aromatic N) is 4. The molecule has 0 unspecified atom stereocenters. The molecule has 0 bridgehead atoms.